The molecule has 8 heteroatoms. The van der Waals surface area contributed by atoms with Crippen molar-refractivity contribution in [2.24, 2.45) is 0 Å². The van der Waals surface area contributed by atoms with E-state index in [1.165, 1.54) is 35.2 Å². The van der Waals surface area contributed by atoms with Gasteiger partial charge in [0, 0.05) is 11.6 Å². The molecule has 0 fully saturated rings. The number of fused-ring (bicyclic) bond motifs is 1. The fraction of sp³-hybridized carbons (Fsp3) is 0.125. The number of nitrogens with zero attached hydrogens (tertiary/aromatic N) is 2. The van der Waals surface area contributed by atoms with Crippen LogP contribution in [0.2, 0.25) is 10.0 Å². The van der Waals surface area contributed by atoms with Crippen LogP contribution in [0.25, 0.3) is 10.9 Å². The summed E-state index contributed by atoms with van der Waals surface area (Å²) in [6.45, 7) is -0.0108. The van der Waals surface area contributed by atoms with Crippen molar-refractivity contribution in [2.75, 3.05) is 5.75 Å². The highest BCUT2D eigenvalue weighted by Gasteiger charge is 2.15. The number of halogens is 2. The second-order valence-electron chi connectivity index (χ2n) is 5.16. The molecule has 0 aliphatic rings. The lowest BCUT2D eigenvalue weighted by molar-refractivity contribution is 0.586. The van der Waals surface area contributed by atoms with Gasteiger partial charge in [-0.2, -0.15) is 0 Å². The zero-order valence-electron chi connectivity index (χ0n) is 12.3. The topological polar surface area (TPSA) is 69.0 Å². The summed E-state index contributed by atoms with van der Waals surface area (Å²) < 4.78 is 25.9. The number of benzene rings is 2. The number of aryl methyl sites for hydroxylation is 1. The molecule has 0 radical (unpaired) electrons. The Bertz CT molecular complexity index is 1060. The van der Waals surface area contributed by atoms with Gasteiger partial charge in [-0.15, -0.1) is 0 Å². The monoisotopic (exact) mass is 382 g/mol. The van der Waals surface area contributed by atoms with Gasteiger partial charge < -0.3 is 0 Å². The molecule has 1 heterocycles. The second-order valence-corrected chi connectivity index (χ2v) is 8.11. The molecule has 0 unspecified atom stereocenters. The van der Waals surface area contributed by atoms with E-state index in [-0.39, 0.29) is 33.2 Å². The van der Waals surface area contributed by atoms with Crippen LogP contribution >= 0.6 is 23.2 Å². The van der Waals surface area contributed by atoms with Crippen molar-refractivity contribution < 1.29 is 8.42 Å². The summed E-state index contributed by atoms with van der Waals surface area (Å²) in [5.41, 5.74) is -0.0408. The van der Waals surface area contributed by atoms with Crippen LogP contribution in [0, 0.1) is 0 Å². The maximum absolute atomic E-state index is 12.5. The Morgan fingerprint density at radius 2 is 1.79 bits per heavy atom. The molecule has 0 amide bonds. The van der Waals surface area contributed by atoms with Crippen LogP contribution < -0.4 is 5.56 Å². The predicted octanol–water partition coefficient (Wildman–Crippen LogP) is 3.18. The maximum Gasteiger partial charge on any atom is 0.261 e. The Labute approximate surface area is 148 Å². The van der Waals surface area contributed by atoms with Crippen LogP contribution in [0.5, 0.6) is 0 Å². The van der Waals surface area contributed by atoms with Crippen LogP contribution in [-0.2, 0) is 16.4 Å². The van der Waals surface area contributed by atoms with Gasteiger partial charge >= 0.3 is 0 Å². The number of rotatable bonds is 4. The quantitative estimate of drug-likeness (QED) is 0.694. The van der Waals surface area contributed by atoms with E-state index in [2.05, 4.69) is 4.98 Å². The molecule has 0 bridgehead atoms. The SMILES string of the molecule is O=c1c2cc(Cl)cc(Cl)c2ncn1CCS(=O)(=O)c1ccccc1. The normalized spacial score (nSPS) is 11.8. The maximum atomic E-state index is 12.5. The fourth-order valence-corrected chi connectivity index (χ4v) is 4.11. The van der Waals surface area contributed by atoms with Crippen molar-refractivity contribution >= 4 is 43.9 Å². The number of sulfone groups is 1. The zero-order valence-corrected chi connectivity index (χ0v) is 14.6. The average molecular weight is 383 g/mol. The van der Waals surface area contributed by atoms with Crippen molar-refractivity contribution in [3.8, 4) is 0 Å². The minimum absolute atomic E-state index is 0.0108. The Balaban J connectivity index is 1.94. The molecule has 0 saturated heterocycles. The minimum Gasteiger partial charge on any atom is -0.298 e. The van der Waals surface area contributed by atoms with Crippen molar-refractivity contribution in [2.45, 2.75) is 11.4 Å². The summed E-state index contributed by atoms with van der Waals surface area (Å²) in [4.78, 5) is 16.9. The van der Waals surface area contributed by atoms with Crippen LogP contribution in [0.4, 0.5) is 0 Å². The lowest BCUT2D eigenvalue weighted by atomic mass is 10.2. The van der Waals surface area contributed by atoms with E-state index in [0.717, 1.165) is 0 Å². The summed E-state index contributed by atoms with van der Waals surface area (Å²) in [5, 5.41) is 0.854. The average Bonchev–Trinajstić information content (AvgIpc) is 2.55. The van der Waals surface area contributed by atoms with Crippen LogP contribution in [0.1, 0.15) is 0 Å². The molecule has 1 aromatic heterocycles. The summed E-state index contributed by atoms with van der Waals surface area (Å²) in [6.07, 6.45) is 1.30. The molecule has 3 aromatic rings. The first-order valence-corrected chi connectivity index (χ1v) is 9.41. The Kier molecular flexibility index (Phi) is 4.62. The molecule has 0 saturated carbocycles. The zero-order chi connectivity index (χ0) is 17.3. The standard InChI is InChI=1S/C16H12Cl2N2O3S/c17-11-8-13-15(14(18)9-11)19-10-20(16(13)21)6-7-24(22,23)12-4-2-1-3-5-12/h1-5,8-10H,6-7H2. The summed E-state index contributed by atoms with van der Waals surface area (Å²) in [7, 11) is -3.48. The van der Waals surface area contributed by atoms with E-state index in [1.54, 1.807) is 18.2 Å². The highest BCUT2D eigenvalue weighted by atomic mass is 35.5. The van der Waals surface area contributed by atoms with Crippen LogP contribution in [-0.4, -0.2) is 23.7 Å². The first-order chi connectivity index (χ1) is 11.4. The van der Waals surface area contributed by atoms with E-state index in [1.807, 2.05) is 0 Å². The second kappa shape index (κ2) is 6.55. The Hall–Kier alpha value is -1.89. The lowest BCUT2D eigenvalue weighted by Gasteiger charge is -2.08. The van der Waals surface area contributed by atoms with Crippen LogP contribution in [0.15, 0.2) is 58.5 Å². The summed E-state index contributed by atoms with van der Waals surface area (Å²) in [6, 6.07) is 11.1. The van der Waals surface area contributed by atoms with Gasteiger partial charge in [-0.25, -0.2) is 13.4 Å². The molecule has 0 N–H and O–H groups in total. The van der Waals surface area contributed by atoms with Gasteiger partial charge in [0.05, 0.1) is 32.9 Å². The van der Waals surface area contributed by atoms with Crippen LogP contribution in [0.3, 0.4) is 0 Å². The van der Waals surface area contributed by atoms with E-state index >= 15 is 0 Å². The Morgan fingerprint density at radius 1 is 1.08 bits per heavy atom. The molecule has 2 aromatic carbocycles. The molecule has 3 rings (SSSR count). The van der Waals surface area contributed by atoms with Crippen molar-refractivity contribution in [1.29, 1.82) is 0 Å². The lowest BCUT2D eigenvalue weighted by Crippen LogP contribution is -2.24. The highest BCUT2D eigenvalue weighted by Crippen LogP contribution is 2.24. The number of aromatic nitrogens is 2. The third-order valence-electron chi connectivity index (χ3n) is 3.55. The van der Waals surface area contributed by atoms with Gasteiger partial charge in [-0.3, -0.25) is 9.36 Å². The summed E-state index contributed by atoms with van der Waals surface area (Å²) in [5.74, 6) is -0.210. The van der Waals surface area contributed by atoms with E-state index < -0.39 is 9.84 Å². The molecule has 24 heavy (non-hydrogen) atoms. The first kappa shape index (κ1) is 17.0. The van der Waals surface area contributed by atoms with Crippen molar-refractivity contribution in [3.63, 3.8) is 0 Å². The number of hydrogen-bond donors (Lipinski definition) is 0. The predicted molar refractivity (Wildman–Crippen MR) is 94.5 cm³/mol. The van der Waals surface area contributed by atoms with Gasteiger partial charge in [-0.1, -0.05) is 41.4 Å². The van der Waals surface area contributed by atoms with E-state index in [4.69, 9.17) is 23.2 Å². The molecule has 0 aliphatic carbocycles. The third kappa shape index (κ3) is 3.31. The van der Waals surface area contributed by atoms with Gasteiger partial charge in [0.25, 0.3) is 5.56 Å². The van der Waals surface area contributed by atoms with E-state index in [0.29, 0.717) is 10.5 Å². The fourth-order valence-electron chi connectivity index (χ4n) is 2.32. The van der Waals surface area contributed by atoms with Crippen molar-refractivity contribution in [3.05, 3.63) is 69.2 Å². The van der Waals surface area contributed by atoms with Crippen molar-refractivity contribution in [1.82, 2.24) is 9.55 Å². The number of hydrogen-bond acceptors (Lipinski definition) is 4. The molecule has 0 aliphatic heterocycles. The Morgan fingerprint density at radius 3 is 2.50 bits per heavy atom. The molecule has 124 valence electrons. The molecule has 5 nitrogen and oxygen atoms in total. The molecule has 0 atom stereocenters. The third-order valence-corrected chi connectivity index (χ3v) is 5.77. The van der Waals surface area contributed by atoms with Gasteiger partial charge in [0.2, 0.25) is 0 Å². The van der Waals surface area contributed by atoms with E-state index in [9.17, 15) is 13.2 Å². The first-order valence-electron chi connectivity index (χ1n) is 7.00. The minimum atomic E-state index is -3.48. The van der Waals surface area contributed by atoms with Gasteiger partial charge in [0.1, 0.15) is 0 Å². The highest BCUT2D eigenvalue weighted by molar-refractivity contribution is 7.91. The molecular weight excluding hydrogens is 371 g/mol. The molecule has 0 spiro atoms. The van der Waals surface area contributed by atoms with Gasteiger partial charge in [0.15, 0.2) is 9.84 Å². The molecular formula is C16H12Cl2N2O3S. The smallest absolute Gasteiger partial charge is 0.261 e. The summed E-state index contributed by atoms with van der Waals surface area (Å²) >= 11 is 11.9. The van der Waals surface area contributed by atoms with Gasteiger partial charge in [-0.05, 0) is 24.3 Å². The largest absolute Gasteiger partial charge is 0.298 e.